The first-order valence-corrected chi connectivity index (χ1v) is 7.78. The molecule has 116 valence electrons. The zero-order chi connectivity index (χ0) is 15.2. The Morgan fingerprint density at radius 3 is 2.62 bits per heavy atom. The lowest BCUT2D eigenvalue weighted by Gasteiger charge is -2.34. The predicted molar refractivity (Wildman–Crippen MR) is 82.6 cm³/mol. The van der Waals surface area contributed by atoms with Crippen LogP contribution in [0.25, 0.3) is 0 Å². The molecule has 0 aliphatic carbocycles. The highest BCUT2D eigenvalue weighted by Crippen LogP contribution is 2.30. The van der Waals surface area contributed by atoms with Crippen molar-refractivity contribution in [2.75, 3.05) is 13.1 Å². The quantitative estimate of drug-likeness (QED) is 0.872. The molecule has 0 amide bonds. The van der Waals surface area contributed by atoms with Crippen LogP contribution in [0.15, 0.2) is 24.3 Å². The highest BCUT2D eigenvalue weighted by molar-refractivity contribution is 5.68. The number of likely N-dealkylation sites (tertiary alicyclic amines) is 1. The summed E-state index contributed by atoms with van der Waals surface area (Å²) in [6, 6.07) is 7.82. The summed E-state index contributed by atoms with van der Waals surface area (Å²) in [6.45, 7) is 5.94. The lowest BCUT2D eigenvalue weighted by atomic mass is 9.99. The fourth-order valence-corrected chi connectivity index (χ4v) is 2.92. The molecule has 21 heavy (non-hydrogen) atoms. The second-order valence-corrected chi connectivity index (χ2v) is 5.95. The number of carboxylic acid groups (broad SMARTS) is 1. The smallest absolute Gasteiger partial charge is 0.305 e. The van der Waals surface area contributed by atoms with E-state index >= 15 is 0 Å². The maximum Gasteiger partial charge on any atom is 0.305 e. The summed E-state index contributed by atoms with van der Waals surface area (Å²) in [4.78, 5) is 13.5. The summed E-state index contributed by atoms with van der Waals surface area (Å²) in [5, 5.41) is 9.23. The highest BCUT2D eigenvalue weighted by Gasteiger charge is 2.24. The van der Waals surface area contributed by atoms with E-state index < -0.39 is 5.97 Å². The topological polar surface area (TPSA) is 49.8 Å². The number of aliphatic carboxylic acids is 1. The molecule has 2 rings (SSSR count). The van der Waals surface area contributed by atoms with E-state index in [9.17, 15) is 9.90 Å². The Morgan fingerprint density at radius 2 is 2.00 bits per heavy atom. The van der Waals surface area contributed by atoms with E-state index in [0.29, 0.717) is 0 Å². The molecule has 0 radical (unpaired) electrons. The molecule has 4 heteroatoms. The van der Waals surface area contributed by atoms with E-state index in [-0.39, 0.29) is 18.6 Å². The summed E-state index contributed by atoms with van der Waals surface area (Å²) in [6.07, 6.45) is 3.81. The first-order chi connectivity index (χ1) is 10.1. The number of nitrogens with zero attached hydrogens (tertiary/aromatic N) is 1. The number of carbonyl (C=O) groups is 1. The van der Waals surface area contributed by atoms with Gasteiger partial charge >= 0.3 is 5.97 Å². The summed E-state index contributed by atoms with van der Waals surface area (Å²) in [7, 11) is 0. The van der Waals surface area contributed by atoms with Gasteiger partial charge in [0.05, 0.1) is 12.5 Å². The minimum atomic E-state index is -0.749. The van der Waals surface area contributed by atoms with Crippen LogP contribution in [0.3, 0.4) is 0 Å². The largest absolute Gasteiger partial charge is 0.491 e. The number of carboxylic acids is 1. The zero-order valence-electron chi connectivity index (χ0n) is 12.9. The van der Waals surface area contributed by atoms with E-state index in [1.165, 1.54) is 6.42 Å². The van der Waals surface area contributed by atoms with Crippen LogP contribution >= 0.6 is 0 Å². The van der Waals surface area contributed by atoms with Crippen molar-refractivity contribution in [2.24, 2.45) is 0 Å². The maximum atomic E-state index is 11.2. The van der Waals surface area contributed by atoms with Crippen molar-refractivity contribution in [2.45, 2.75) is 51.7 Å². The lowest BCUT2D eigenvalue weighted by Crippen LogP contribution is -2.35. The average molecular weight is 291 g/mol. The molecule has 1 N–H and O–H groups in total. The van der Waals surface area contributed by atoms with E-state index in [4.69, 9.17) is 4.74 Å². The minimum absolute atomic E-state index is 0.0569. The lowest BCUT2D eigenvalue weighted by molar-refractivity contribution is -0.138. The summed E-state index contributed by atoms with van der Waals surface area (Å²) in [5.41, 5.74) is 1.04. The van der Waals surface area contributed by atoms with Crippen LogP contribution in [-0.4, -0.2) is 35.2 Å². The number of rotatable bonds is 6. The Kier molecular flexibility index (Phi) is 5.62. The van der Waals surface area contributed by atoms with Gasteiger partial charge in [-0.25, -0.2) is 0 Å². The van der Waals surface area contributed by atoms with Crippen molar-refractivity contribution < 1.29 is 14.6 Å². The van der Waals surface area contributed by atoms with E-state index in [2.05, 4.69) is 4.90 Å². The van der Waals surface area contributed by atoms with Crippen LogP contribution in [0, 0.1) is 0 Å². The number of ether oxygens (including phenoxy) is 1. The maximum absolute atomic E-state index is 11.2. The molecule has 1 heterocycles. The average Bonchev–Trinajstić information content (AvgIpc) is 2.45. The van der Waals surface area contributed by atoms with E-state index in [0.717, 1.165) is 37.2 Å². The van der Waals surface area contributed by atoms with Gasteiger partial charge in [0.15, 0.2) is 0 Å². The third kappa shape index (κ3) is 4.74. The molecule has 1 aromatic rings. The predicted octanol–water partition coefficient (Wildman–Crippen LogP) is 3.48. The fraction of sp³-hybridized carbons (Fsp3) is 0.588. The van der Waals surface area contributed by atoms with Gasteiger partial charge in [-0.3, -0.25) is 9.69 Å². The Balaban J connectivity index is 2.20. The molecule has 1 saturated heterocycles. The van der Waals surface area contributed by atoms with Crippen LogP contribution in [0.4, 0.5) is 0 Å². The van der Waals surface area contributed by atoms with E-state index in [1.54, 1.807) is 0 Å². The van der Waals surface area contributed by atoms with Crippen LogP contribution in [0.2, 0.25) is 0 Å². The van der Waals surface area contributed by atoms with Crippen LogP contribution in [-0.2, 0) is 4.79 Å². The first-order valence-electron chi connectivity index (χ1n) is 7.78. The highest BCUT2D eigenvalue weighted by atomic mass is 16.5. The van der Waals surface area contributed by atoms with Crippen molar-refractivity contribution >= 4 is 5.97 Å². The normalized spacial score (nSPS) is 17.7. The molecule has 1 atom stereocenters. The third-order valence-electron chi connectivity index (χ3n) is 3.81. The monoisotopic (exact) mass is 291 g/mol. The standard InChI is InChI=1S/C17H25NO3/c1-13(2)21-15-8-6-7-14(11-15)16(12-17(19)20)18-9-4-3-5-10-18/h6-8,11,13,16H,3-5,9-10,12H2,1-2H3,(H,19,20). The molecule has 0 saturated carbocycles. The van der Waals surface area contributed by atoms with Crippen LogP contribution < -0.4 is 4.74 Å². The Morgan fingerprint density at radius 1 is 1.29 bits per heavy atom. The van der Waals surface area contributed by atoms with Gasteiger partial charge in [0.2, 0.25) is 0 Å². The van der Waals surface area contributed by atoms with Crippen molar-refractivity contribution in [1.29, 1.82) is 0 Å². The van der Waals surface area contributed by atoms with Crippen molar-refractivity contribution in [3.05, 3.63) is 29.8 Å². The minimum Gasteiger partial charge on any atom is -0.491 e. The molecule has 1 fully saturated rings. The second-order valence-electron chi connectivity index (χ2n) is 5.95. The molecule has 1 aliphatic heterocycles. The molecule has 0 aromatic heterocycles. The molecular weight excluding hydrogens is 266 g/mol. The molecule has 4 nitrogen and oxygen atoms in total. The number of piperidine rings is 1. The van der Waals surface area contributed by atoms with Gasteiger partial charge in [-0.1, -0.05) is 18.6 Å². The summed E-state index contributed by atoms with van der Waals surface area (Å²) >= 11 is 0. The van der Waals surface area contributed by atoms with Crippen molar-refractivity contribution in [3.8, 4) is 5.75 Å². The molecule has 0 spiro atoms. The molecule has 0 bridgehead atoms. The second kappa shape index (κ2) is 7.46. The number of hydrogen-bond donors (Lipinski definition) is 1. The van der Waals surface area contributed by atoms with Crippen LogP contribution in [0.1, 0.15) is 51.1 Å². The van der Waals surface area contributed by atoms with Gasteiger partial charge in [0.1, 0.15) is 5.75 Å². The Bertz CT molecular complexity index is 467. The Hall–Kier alpha value is -1.55. The first kappa shape index (κ1) is 15.8. The van der Waals surface area contributed by atoms with Gasteiger partial charge in [-0.2, -0.15) is 0 Å². The SMILES string of the molecule is CC(C)Oc1cccc(C(CC(=O)O)N2CCCCC2)c1. The van der Waals surface area contributed by atoms with Gasteiger partial charge < -0.3 is 9.84 Å². The van der Waals surface area contributed by atoms with Gasteiger partial charge in [-0.15, -0.1) is 0 Å². The fourth-order valence-electron chi connectivity index (χ4n) is 2.92. The summed E-state index contributed by atoms with van der Waals surface area (Å²) < 4.78 is 5.73. The molecular formula is C17H25NO3. The molecule has 1 unspecified atom stereocenters. The third-order valence-corrected chi connectivity index (χ3v) is 3.81. The number of hydrogen-bond acceptors (Lipinski definition) is 3. The molecule has 1 aromatic carbocycles. The number of benzene rings is 1. The zero-order valence-corrected chi connectivity index (χ0v) is 12.9. The van der Waals surface area contributed by atoms with Crippen LogP contribution in [0.5, 0.6) is 5.75 Å². The van der Waals surface area contributed by atoms with Gasteiger partial charge in [0.25, 0.3) is 0 Å². The van der Waals surface area contributed by atoms with Gasteiger partial charge in [-0.05, 0) is 57.5 Å². The van der Waals surface area contributed by atoms with Crippen molar-refractivity contribution in [1.82, 2.24) is 4.90 Å². The van der Waals surface area contributed by atoms with E-state index in [1.807, 2.05) is 38.1 Å². The molecule has 1 aliphatic rings. The summed E-state index contributed by atoms with van der Waals surface area (Å²) in [5.74, 6) is 0.0654. The Labute approximate surface area is 126 Å². The van der Waals surface area contributed by atoms with Gasteiger partial charge in [0, 0.05) is 6.04 Å². The van der Waals surface area contributed by atoms with Crippen molar-refractivity contribution in [3.63, 3.8) is 0 Å².